The molecule has 0 aliphatic heterocycles. The van der Waals surface area contributed by atoms with Gasteiger partial charge in [-0.2, -0.15) is 13.2 Å². The standard InChI is InChI=1S/C6H5BrF3N3O/c7-3-4(11)12-2-13-5(3)14-1-6(8,9)10/h2H,1H2,(H2,11,12,13). The van der Waals surface area contributed by atoms with Crippen molar-refractivity contribution in [3.05, 3.63) is 10.8 Å². The average molecular weight is 272 g/mol. The highest BCUT2D eigenvalue weighted by atomic mass is 79.9. The van der Waals surface area contributed by atoms with E-state index in [0.29, 0.717) is 0 Å². The van der Waals surface area contributed by atoms with Crippen molar-refractivity contribution < 1.29 is 17.9 Å². The van der Waals surface area contributed by atoms with Crippen LogP contribution in [-0.4, -0.2) is 22.8 Å². The summed E-state index contributed by atoms with van der Waals surface area (Å²) in [7, 11) is 0. The van der Waals surface area contributed by atoms with Crippen molar-refractivity contribution in [2.75, 3.05) is 12.3 Å². The molecule has 0 aliphatic rings. The number of nitrogen functional groups attached to an aromatic ring is 1. The van der Waals surface area contributed by atoms with Crippen LogP contribution in [0.3, 0.4) is 0 Å². The van der Waals surface area contributed by atoms with Crippen LogP contribution >= 0.6 is 15.9 Å². The number of rotatable bonds is 2. The monoisotopic (exact) mass is 271 g/mol. The summed E-state index contributed by atoms with van der Waals surface area (Å²) in [4.78, 5) is 7.02. The minimum atomic E-state index is -4.40. The summed E-state index contributed by atoms with van der Waals surface area (Å²) in [5, 5.41) is 0. The molecule has 0 saturated carbocycles. The summed E-state index contributed by atoms with van der Waals surface area (Å²) < 4.78 is 39.8. The number of anilines is 1. The fraction of sp³-hybridized carbons (Fsp3) is 0.333. The van der Waals surface area contributed by atoms with Crippen LogP contribution < -0.4 is 10.5 Å². The van der Waals surface area contributed by atoms with E-state index in [2.05, 4.69) is 30.6 Å². The number of hydrogen-bond acceptors (Lipinski definition) is 4. The lowest BCUT2D eigenvalue weighted by Crippen LogP contribution is -2.20. The minimum absolute atomic E-state index is 0.0252. The number of ether oxygens (including phenoxy) is 1. The largest absolute Gasteiger partial charge is 0.467 e. The molecule has 0 aliphatic carbocycles. The maximum Gasteiger partial charge on any atom is 0.422 e. The van der Waals surface area contributed by atoms with Gasteiger partial charge in [-0.3, -0.25) is 0 Å². The first kappa shape index (κ1) is 11.0. The Morgan fingerprint density at radius 1 is 1.43 bits per heavy atom. The van der Waals surface area contributed by atoms with Gasteiger partial charge in [0.1, 0.15) is 16.6 Å². The molecule has 0 bridgehead atoms. The molecule has 0 atom stereocenters. The number of nitrogens with two attached hydrogens (primary N) is 1. The quantitative estimate of drug-likeness (QED) is 0.891. The molecule has 4 nitrogen and oxygen atoms in total. The van der Waals surface area contributed by atoms with Crippen LogP contribution in [0.5, 0.6) is 5.88 Å². The zero-order valence-electron chi connectivity index (χ0n) is 6.68. The van der Waals surface area contributed by atoms with E-state index < -0.39 is 12.8 Å². The molecule has 78 valence electrons. The van der Waals surface area contributed by atoms with Crippen molar-refractivity contribution in [1.82, 2.24) is 9.97 Å². The molecule has 0 radical (unpaired) electrons. The summed E-state index contributed by atoms with van der Waals surface area (Å²) in [6.45, 7) is -1.41. The lowest BCUT2D eigenvalue weighted by atomic mass is 10.5. The highest BCUT2D eigenvalue weighted by Crippen LogP contribution is 2.27. The van der Waals surface area contributed by atoms with Crippen LogP contribution in [0.25, 0.3) is 0 Å². The first-order chi connectivity index (χ1) is 6.40. The second-order valence-corrected chi connectivity index (χ2v) is 3.07. The molecule has 1 aromatic rings. The van der Waals surface area contributed by atoms with Crippen molar-refractivity contribution >= 4 is 21.7 Å². The molecule has 0 aromatic carbocycles. The first-order valence-electron chi connectivity index (χ1n) is 3.35. The van der Waals surface area contributed by atoms with E-state index in [0.717, 1.165) is 6.33 Å². The van der Waals surface area contributed by atoms with Gasteiger partial charge >= 0.3 is 6.18 Å². The van der Waals surface area contributed by atoms with Crippen LogP contribution in [0.1, 0.15) is 0 Å². The van der Waals surface area contributed by atoms with E-state index in [1.807, 2.05) is 0 Å². The lowest BCUT2D eigenvalue weighted by Gasteiger charge is -2.09. The fourth-order valence-corrected chi connectivity index (χ4v) is 0.936. The molecule has 1 rings (SSSR count). The number of nitrogens with zero attached hydrogens (tertiary/aromatic N) is 2. The average Bonchev–Trinajstić information content (AvgIpc) is 2.06. The van der Waals surface area contributed by atoms with E-state index in [-0.39, 0.29) is 16.2 Å². The van der Waals surface area contributed by atoms with Crippen molar-refractivity contribution in [2.45, 2.75) is 6.18 Å². The number of alkyl halides is 3. The zero-order valence-corrected chi connectivity index (χ0v) is 8.26. The Balaban J connectivity index is 2.73. The molecular formula is C6H5BrF3N3O. The lowest BCUT2D eigenvalue weighted by molar-refractivity contribution is -0.154. The first-order valence-corrected chi connectivity index (χ1v) is 4.15. The Hall–Kier alpha value is -1.05. The van der Waals surface area contributed by atoms with E-state index in [4.69, 9.17) is 5.73 Å². The number of hydrogen-bond donors (Lipinski definition) is 1. The van der Waals surface area contributed by atoms with Crippen LogP contribution in [0.4, 0.5) is 19.0 Å². The van der Waals surface area contributed by atoms with Gasteiger partial charge in [-0.05, 0) is 15.9 Å². The summed E-state index contributed by atoms with van der Waals surface area (Å²) in [5.41, 5.74) is 5.30. The molecular weight excluding hydrogens is 267 g/mol. The second-order valence-electron chi connectivity index (χ2n) is 2.28. The molecule has 0 unspecified atom stereocenters. The molecule has 0 fully saturated rings. The third kappa shape index (κ3) is 3.02. The van der Waals surface area contributed by atoms with E-state index >= 15 is 0 Å². The van der Waals surface area contributed by atoms with E-state index in [1.54, 1.807) is 0 Å². The second kappa shape index (κ2) is 3.99. The summed E-state index contributed by atoms with van der Waals surface area (Å²) >= 11 is 2.91. The Morgan fingerprint density at radius 2 is 2.07 bits per heavy atom. The molecule has 0 amide bonds. The van der Waals surface area contributed by atoms with Crippen LogP contribution in [-0.2, 0) is 0 Å². The van der Waals surface area contributed by atoms with Crippen LogP contribution in [0.2, 0.25) is 0 Å². The number of aromatic nitrogens is 2. The van der Waals surface area contributed by atoms with Gasteiger partial charge in [0.15, 0.2) is 6.61 Å². The minimum Gasteiger partial charge on any atom is -0.467 e. The van der Waals surface area contributed by atoms with Gasteiger partial charge in [0.2, 0.25) is 5.88 Å². The van der Waals surface area contributed by atoms with Crippen molar-refractivity contribution in [3.8, 4) is 5.88 Å². The van der Waals surface area contributed by atoms with Gasteiger partial charge in [-0.25, -0.2) is 9.97 Å². The van der Waals surface area contributed by atoms with E-state index in [1.165, 1.54) is 0 Å². The number of halogens is 4. The smallest absolute Gasteiger partial charge is 0.422 e. The SMILES string of the molecule is Nc1ncnc(OCC(F)(F)F)c1Br. The summed E-state index contributed by atoms with van der Waals surface area (Å²) in [6, 6.07) is 0. The zero-order chi connectivity index (χ0) is 10.8. The molecule has 1 heterocycles. The van der Waals surface area contributed by atoms with Gasteiger partial charge in [-0.1, -0.05) is 0 Å². The molecule has 2 N–H and O–H groups in total. The predicted octanol–water partition coefficient (Wildman–Crippen LogP) is 1.76. The van der Waals surface area contributed by atoms with Crippen LogP contribution in [0.15, 0.2) is 10.8 Å². The third-order valence-corrected chi connectivity index (χ3v) is 1.90. The Labute approximate surface area is 85.4 Å². The molecule has 14 heavy (non-hydrogen) atoms. The predicted molar refractivity (Wildman–Crippen MR) is 45.7 cm³/mol. The Morgan fingerprint density at radius 3 is 2.64 bits per heavy atom. The fourth-order valence-electron chi connectivity index (χ4n) is 0.617. The molecule has 1 aromatic heterocycles. The van der Waals surface area contributed by atoms with Gasteiger partial charge in [-0.15, -0.1) is 0 Å². The topological polar surface area (TPSA) is 61.0 Å². The van der Waals surface area contributed by atoms with Gasteiger partial charge in [0.25, 0.3) is 0 Å². The third-order valence-electron chi connectivity index (χ3n) is 1.16. The Kier molecular flexibility index (Phi) is 3.14. The Bertz CT molecular complexity index is 331. The highest BCUT2D eigenvalue weighted by Gasteiger charge is 2.29. The van der Waals surface area contributed by atoms with Crippen LogP contribution in [0, 0.1) is 0 Å². The maximum atomic E-state index is 11.8. The van der Waals surface area contributed by atoms with E-state index in [9.17, 15) is 13.2 Å². The van der Waals surface area contributed by atoms with Crippen molar-refractivity contribution in [2.24, 2.45) is 0 Å². The van der Waals surface area contributed by atoms with Crippen molar-refractivity contribution in [1.29, 1.82) is 0 Å². The molecule has 0 spiro atoms. The van der Waals surface area contributed by atoms with Gasteiger partial charge < -0.3 is 10.5 Å². The summed E-state index contributed by atoms with van der Waals surface area (Å²) in [5.74, 6) is -0.202. The van der Waals surface area contributed by atoms with Gasteiger partial charge in [0.05, 0.1) is 0 Å². The van der Waals surface area contributed by atoms with Gasteiger partial charge in [0, 0.05) is 0 Å². The maximum absolute atomic E-state index is 11.8. The summed E-state index contributed by atoms with van der Waals surface area (Å²) in [6.07, 6.45) is -3.38. The normalized spacial score (nSPS) is 11.4. The highest BCUT2D eigenvalue weighted by molar-refractivity contribution is 9.10. The molecule has 0 saturated heterocycles. The van der Waals surface area contributed by atoms with Crippen molar-refractivity contribution in [3.63, 3.8) is 0 Å². The molecule has 8 heteroatoms.